The number of anilines is 1. The number of thioether (sulfide) groups is 1. The molecular formula is C19H16N4O2S. The van der Waals surface area contributed by atoms with Crippen LogP contribution in [-0.2, 0) is 9.59 Å². The number of rotatable bonds is 4. The Bertz CT molecular complexity index is 997. The van der Waals surface area contributed by atoms with Crippen LogP contribution in [0.25, 0.3) is 10.9 Å². The SMILES string of the molecule is O=C(CC1SC(=Nc2ccccc2)NC1=O)Nc1ccc2cc[nH]c2c1. The number of benzene rings is 2. The van der Waals surface area contributed by atoms with Crippen molar-refractivity contribution in [1.82, 2.24) is 10.3 Å². The normalized spacial score (nSPS) is 18.2. The number of nitrogens with zero attached hydrogens (tertiary/aromatic N) is 1. The molecule has 3 N–H and O–H groups in total. The van der Waals surface area contributed by atoms with E-state index in [0.717, 1.165) is 16.6 Å². The van der Waals surface area contributed by atoms with Crippen LogP contribution < -0.4 is 10.6 Å². The molecule has 2 aromatic carbocycles. The fraction of sp³-hybridized carbons (Fsp3) is 0.105. The van der Waals surface area contributed by atoms with E-state index in [2.05, 4.69) is 20.6 Å². The van der Waals surface area contributed by atoms with Crippen molar-refractivity contribution in [3.8, 4) is 0 Å². The summed E-state index contributed by atoms with van der Waals surface area (Å²) in [6.07, 6.45) is 1.94. The van der Waals surface area contributed by atoms with Crippen molar-refractivity contribution in [2.24, 2.45) is 4.99 Å². The minimum Gasteiger partial charge on any atom is -0.361 e. The van der Waals surface area contributed by atoms with E-state index in [9.17, 15) is 9.59 Å². The Morgan fingerprint density at radius 1 is 1.15 bits per heavy atom. The number of carbonyl (C=O) groups is 2. The number of carbonyl (C=O) groups excluding carboxylic acids is 2. The van der Waals surface area contributed by atoms with Gasteiger partial charge < -0.3 is 15.6 Å². The van der Waals surface area contributed by atoms with Crippen molar-refractivity contribution in [2.45, 2.75) is 11.7 Å². The van der Waals surface area contributed by atoms with Gasteiger partial charge in [-0.15, -0.1) is 0 Å². The molecule has 26 heavy (non-hydrogen) atoms. The minimum absolute atomic E-state index is 0.0904. The molecule has 0 aliphatic carbocycles. The van der Waals surface area contributed by atoms with Gasteiger partial charge in [-0.2, -0.15) is 0 Å². The van der Waals surface area contributed by atoms with Crippen LogP contribution in [0.15, 0.2) is 65.8 Å². The van der Waals surface area contributed by atoms with Gasteiger partial charge in [0.15, 0.2) is 5.17 Å². The van der Waals surface area contributed by atoms with Gasteiger partial charge in [-0.1, -0.05) is 36.0 Å². The molecule has 1 aliphatic rings. The average molecular weight is 364 g/mol. The van der Waals surface area contributed by atoms with Gasteiger partial charge in [0, 0.05) is 23.8 Å². The Morgan fingerprint density at radius 2 is 2.00 bits per heavy atom. The Morgan fingerprint density at radius 3 is 2.85 bits per heavy atom. The van der Waals surface area contributed by atoms with E-state index in [-0.39, 0.29) is 18.2 Å². The Balaban J connectivity index is 1.39. The molecule has 6 nitrogen and oxygen atoms in total. The van der Waals surface area contributed by atoms with Crippen LogP contribution >= 0.6 is 11.8 Å². The van der Waals surface area contributed by atoms with Gasteiger partial charge in [0.1, 0.15) is 5.25 Å². The van der Waals surface area contributed by atoms with Gasteiger partial charge >= 0.3 is 0 Å². The first kappa shape index (κ1) is 16.4. The first-order valence-corrected chi connectivity index (χ1v) is 9.03. The molecular weight excluding hydrogens is 348 g/mol. The summed E-state index contributed by atoms with van der Waals surface area (Å²) >= 11 is 1.28. The Hall–Kier alpha value is -3.06. The first-order chi connectivity index (χ1) is 12.7. The maximum absolute atomic E-state index is 12.3. The lowest BCUT2D eigenvalue weighted by atomic mass is 10.2. The largest absolute Gasteiger partial charge is 0.361 e. The summed E-state index contributed by atoms with van der Waals surface area (Å²) in [5, 5.41) is 6.69. The number of aromatic amines is 1. The summed E-state index contributed by atoms with van der Waals surface area (Å²) in [4.78, 5) is 31.9. The monoisotopic (exact) mass is 364 g/mol. The highest BCUT2D eigenvalue weighted by Gasteiger charge is 2.32. The average Bonchev–Trinajstić information content (AvgIpc) is 3.22. The highest BCUT2D eigenvalue weighted by Crippen LogP contribution is 2.26. The maximum atomic E-state index is 12.3. The van der Waals surface area contributed by atoms with Crippen molar-refractivity contribution < 1.29 is 9.59 Å². The summed E-state index contributed by atoms with van der Waals surface area (Å²) in [5.74, 6) is -0.399. The molecule has 0 bridgehead atoms. The quantitative estimate of drug-likeness (QED) is 0.663. The van der Waals surface area contributed by atoms with Crippen LogP contribution in [0.3, 0.4) is 0 Å². The molecule has 0 spiro atoms. The molecule has 1 aromatic heterocycles. The van der Waals surface area contributed by atoms with E-state index in [0.29, 0.717) is 10.9 Å². The highest BCUT2D eigenvalue weighted by atomic mass is 32.2. The van der Waals surface area contributed by atoms with Crippen molar-refractivity contribution in [2.75, 3.05) is 5.32 Å². The second-order valence-corrected chi connectivity index (χ2v) is 7.07. The smallest absolute Gasteiger partial charge is 0.240 e. The van der Waals surface area contributed by atoms with Crippen LogP contribution in [0.1, 0.15) is 6.42 Å². The number of hydrogen-bond acceptors (Lipinski definition) is 4. The third-order valence-electron chi connectivity index (χ3n) is 3.97. The van der Waals surface area contributed by atoms with Crippen molar-refractivity contribution >= 4 is 51.0 Å². The lowest BCUT2D eigenvalue weighted by Gasteiger charge is -2.07. The molecule has 4 rings (SSSR count). The van der Waals surface area contributed by atoms with Gasteiger partial charge in [-0.25, -0.2) is 4.99 Å². The summed E-state index contributed by atoms with van der Waals surface area (Å²) in [5.41, 5.74) is 2.42. The van der Waals surface area contributed by atoms with E-state index < -0.39 is 5.25 Å². The summed E-state index contributed by atoms with van der Waals surface area (Å²) in [6.45, 7) is 0. The predicted octanol–water partition coefficient (Wildman–Crippen LogP) is 3.42. The van der Waals surface area contributed by atoms with Gasteiger partial charge in [0.05, 0.1) is 5.69 Å². The Labute approximate surface area is 154 Å². The van der Waals surface area contributed by atoms with Crippen molar-refractivity contribution in [1.29, 1.82) is 0 Å². The number of hydrogen-bond donors (Lipinski definition) is 3. The minimum atomic E-state index is -0.480. The van der Waals surface area contributed by atoms with E-state index >= 15 is 0 Å². The summed E-state index contributed by atoms with van der Waals surface area (Å²) < 4.78 is 0. The molecule has 1 atom stereocenters. The molecule has 3 aromatic rings. The molecule has 1 saturated heterocycles. The number of H-pyrrole nitrogens is 1. The second kappa shape index (κ2) is 7.05. The zero-order valence-electron chi connectivity index (χ0n) is 13.7. The number of amides is 2. The molecule has 1 aliphatic heterocycles. The van der Waals surface area contributed by atoms with Crippen LogP contribution in [0.5, 0.6) is 0 Å². The summed E-state index contributed by atoms with van der Waals surface area (Å²) in [7, 11) is 0. The number of fused-ring (bicyclic) bond motifs is 1. The van der Waals surface area contributed by atoms with Crippen molar-refractivity contribution in [3.05, 3.63) is 60.8 Å². The number of nitrogens with one attached hydrogen (secondary N) is 3. The van der Waals surface area contributed by atoms with E-state index in [1.54, 1.807) is 0 Å². The van der Waals surface area contributed by atoms with E-state index in [4.69, 9.17) is 0 Å². The summed E-state index contributed by atoms with van der Waals surface area (Å²) in [6, 6.07) is 17.0. The lowest BCUT2D eigenvalue weighted by molar-refractivity contribution is -0.122. The fourth-order valence-electron chi connectivity index (χ4n) is 2.72. The maximum Gasteiger partial charge on any atom is 0.240 e. The third kappa shape index (κ3) is 3.62. The molecule has 0 radical (unpaired) electrons. The number of aromatic nitrogens is 1. The van der Waals surface area contributed by atoms with Crippen molar-refractivity contribution in [3.63, 3.8) is 0 Å². The third-order valence-corrected chi connectivity index (χ3v) is 5.05. The van der Waals surface area contributed by atoms with Crippen LogP contribution in [-0.4, -0.2) is 27.2 Å². The van der Waals surface area contributed by atoms with Gasteiger partial charge in [0.25, 0.3) is 0 Å². The topological polar surface area (TPSA) is 86.3 Å². The zero-order valence-corrected chi connectivity index (χ0v) is 14.5. The first-order valence-electron chi connectivity index (χ1n) is 8.16. The highest BCUT2D eigenvalue weighted by molar-refractivity contribution is 8.15. The molecule has 130 valence electrons. The second-order valence-electron chi connectivity index (χ2n) is 5.88. The lowest BCUT2D eigenvalue weighted by Crippen LogP contribution is -2.28. The van der Waals surface area contributed by atoms with Crippen LogP contribution in [0.4, 0.5) is 11.4 Å². The molecule has 2 amide bonds. The molecule has 1 unspecified atom stereocenters. The fourth-order valence-corrected chi connectivity index (χ4v) is 3.71. The standard InChI is InChI=1S/C19H16N4O2S/c24-17(21-14-7-6-12-8-9-20-15(12)10-14)11-16-18(25)23-19(26-16)22-13-4-2-1-3-5-13/h1-10,16,20H,11H2,(H,21,24)(H,22,23,25). The molecule has 7 heteroatoms. The predicted molar refractivity (Wildman–Crippen MR) is 105 cm³/mol. The van der Waals surface area contributed by atoms with E-state index in [1.807, 2.05) is 60.8 Å². The zero-order chi connectivity index (χ0) is 17.9. The number of amidine groups is 1. The molecule has 2 heterocycles. The van der Waals surface area contributed by atoms with E-state index in [1.165, 1.54) is 11.8 Å². The molecule has 0 saturated carbocycles. The van der Waals surface area contributed by atoms with Gasteiger partial charge in [-0.3, -0.25) is 9.59 Å². The van der Waals surface area contributed by atoms with Gasteiger partial charge in [0.2, 0.25) is 11.8 Å². The number of aliphatic imine (C=N–C) groups is 1. The Kier molecular flexibility index (Phi) is 4.45. The molecule has 1 fully saturated rings. The van der Waals surface area contributed by atoms with Gasteiger partial charge in [-0.05, 0) is 35.7 Å². The number of para-hydroxylation sites is 1. The van der Waals surface area contributed by atoms with Crippen LogP contribution in [0.2, 0.25) is 0 Å². The van der Waals surface area contributed by atoms with Crippen LogP contribution in [0, 0.1) is 0 Å².